The molecular formula is C7H6N4S2. The van der Waals surface area contributed by atoms with Gasteiger partial charge in [-0.3, -0.25) is 0 Å². The summed E-state index contributed by atoms with van der Waals surface area (Å²) in [4.78, 5) is 12.0. The van der Waals surface area contributed by atoms with E-state index in [4.69, 9.17) is 5.73 Å². The minimum absolute atomic E-state index is 0.481. The molecule has 0 aliphatic heterocycles. The molecule has 13 heavy (non-hydrogen) atoms. The maximum Gasteiger partial charge on any atom is 0.156 e. The van der Waals surface area contributed by atoms with Crippen LogP contribution in [0.2, 0.25) is 0 Å². The first kappa shape index (κ1) is 8.46. The highest BCUT2D eigenvalue weighted by molar-refractivity contribution is 8.00. The molecule has 0 spiro atoms. The van der Waals surface area contributed by atoms with Gasteiger partial charge in [-0.15, -0.1) is 11.3 Å². The van der Waals surface area contributed by atoms with Gasteiger partial charge in [0.15, 0.2) is 4.34 Å². The normalized spacial score (nSPS) is 10.2. The van der Waals surface area contributed by atoms with Crippen LogP contribution >= 0.6 is 23.1 Å². The zero-order valence-electron chi connectivity index (χ0n) is 6.54. The molecule has 2 N–H and O–H groups in total. The summed E-state index contributed by atoms with van der Waals surface area (Å²) in [6.07, 6.45) is 3.21. The molecule has 2 aromatic heterocycles. The van der Waals surface area contributed by atoms with Gasteiger partial charge in [0.25, 0.3) is 0 Å². The zero-order valence-corrected chi connectivity index (χ0v) is 8.18. The standard InChI is InChI=1S/C7H6N4S2/c8-5-3-6(11-4-10-5)13-7-9-1-2-12-7/h1-4H,(H2,8,10,11). The monoisotopic (exact) mass is 210 g/mol. The molecule has 0 amide bonds. The van der Waals surface area contributed by atoms with E-state index < -0.39 is 0 Å². The summed E-state index contributed by atoms with van der Waals surface area (Å²) in [7, 11) is 0. The van der Waals surface area contributed by atoms with E-state index in [9.17, 15) is 0 Å². The maximum atomic E-state index is 5.51. The summed E-state index contributed by atoms with van der Waals surface area (Å²) in [6, 6.07) is 1.73. The van der Waals surface area contributed by atoms with Crippen LogP contribution in [0.5, 0.6) is 0 Å². The number of nitrogen functional groups attached to an aromatic ring is 1. The molecule has 0 fully saturated rings. The molecule has 0 saturated heterocycles. The van der Waals surface area contributed by atoms with E-state index in [1.54, 1.807) is 23.6 Å². The van der Waals surface area contributed by atoms with Crippen LogP contribution in [-0.2, 0) is 0 Å². The minimum Gasteiger partial charge on any atom is -0.384 e. The first-order chi connectivity index (χ1) is 6.34. The van der Waals surface area contributed by atoms with Crippen LogP contribution in [0.1, 0.15) is 0 Å². The molecule has 4 nitrogen and oxygen atoms in total. The summed E-state index contributed by atoms with van der Waals surface area (Å²) in [5.41, 5.74) is 5.51. The SMILES string of the molecule is Nc1cc(Sc2nccs2)ncn1. The van der Waals surface area contributed by atoms with Crippen molar-refractivity contribution >= 4 is 28.9 Å². The Balaban J connectivity index is 2.19. The smallest absolute Gasteiger partial charge is 0.156 e. The Morgan fingerprint density at radius 1 is 1.31 bits per heavy atom. The summed E-state index contributed by atoms with van der Waals surface area (Å²) in [6.45, 7) is 0. The van der Waals surface area contributed by atoms with Crippen molar-refractivity contribution in [1.82, 2.24) is 15.0 Å². The Bertz CT molecular complexity index is 387. The second-order valence-corrected chi connectivity index (χ2v) is 4.34. The number of rotatable bonds is 2. The molecule has 6 heteroatoms. The van der Waals surface area contributed by atoms with Crippen molar-refractivity contribution in [2.75, 3.05) is 5.73 Å². The quantitative estimate of drug-likeness (QED) is 0.764. The summed E-state index contributed by atoms with van der Waals surface area (Å²) in [5.74, 6) is 0.481. The molecular weight excluding hydrogens is 204 g/mol. The molecule has 2 rings (SSSR count). The molecule has 0 aliphatic carbocycles. The van der Waals surface area contributed by atoms with Crippen molar-refractivity contribution in [3.8, 4) is 0 Å². The number of thiazole rings is 1. The molecule has 0 radical (unpaired) electrons. The summed E-state index contributed by atoms with van der Waals surface area (Å²) in [5, 5.41) is 2.75. The average molecular weight is 210 g/mol. The maximum absolute atomic E-state index is 5.51. The third-order valence-corrected chi connectivity index (χ3v) is 3.08. The lowest BCUT2D eigenvalue weighted by Gasteiger charge is -1.96. The van der Waals surface area contributed by atoms with Gasteiger partial charge in [-0.25, -0.2) is 15.0 Å². The number of hydrogen-bond donors (Lipinski definition) is 1. The lowest BCUT2D eigenvalue weighted by atomic mass is 10.6. The van der Waals surface area contributed by atoms with Gasteiger partial charge in [0.2, 0.25) is 0 Å². The molecule has 66 valence electrons. The van der Waals surface area contributed by atoms with Crippen molar-refractivity contribution in [3.05, 3.63) is 24.0 Å². The fourth-order valence-electron chi connectivity index (χ4n) is 0.760. The van der Waals surface area contributed by atoms with E-state index in [1.807, 2.05) is 5.38 Å². The van der Waals surface area contributed by atoms with Crippen LogP contribution in [0.4, 0.5) is 5.82 Å². The minimum atomic E-state index is 0.481. The van der Waals surface area contributed by atoms with Gasteiger partial charge < -0.3 is 5.73 Å². The first-order valence-electron chi connectivity index (χ1n) is 3.49. The summed E-state index contributed by atoms with van der Waals surface area (Å²) >= 11 is 3.06. The van der Waals surface area contributed by atoms with E-state index in [1.165, 1.54) is 18.1 Å². The van der Waals surface area contributed by atoms with E-state index in [-0.39, 0.29) is 0 Å². The third-order valence-electron chi connectivity index (χ3n) is 1.26. The van der Waals surface area contributed by atoms with Crippen molar-refractivity contribution in [1.29, 1.82) is 0 Å². The number of nitrogens with zero attached hydrogens (tertiary/aromatic N) is 3. The molecule has 2 aromatic rings. The zero-order chi connectivity index (χ0) is 9.10. The lowest BCUT2D eigenvalue weighted by Crippen LogP contribution is -1.90. The van der Waals surface area contributed by atoms with Crippen molar-refractivity contribution in [3.63, 3.8) is 0 Å². The Kier molecular flexibility index (Phi) is 2.42. The Labute approximate surface area is 83.3 Å². The number of anilines is 1. The topological polar surface area (TPSA) is 64.7 Å². The van der Waals surface area contributed by atoms with E-state index in [0.29, 0.717) is 5.82 Å². The predicted molar refractivity (Wildman–Crippen MR) is 52.7 cm³/mol. The molecule has 2 heterocycles. The lowest BCUT2D eigenvalue weighted by molar-refractivity contribution is 1.05. The van der Waals surface area contributed by atoms with Gasteiger partial charge in [-0.2, -0.15) is 0 Å². The molecule has 0 saturated carbocycles. The van der Waals surface area contributed by atoms with Crippen LogP contribution < -0.4 is 5.73 Å². The highest BCUT2D eigenvalue weighted by atomic mass is 32.2. The van der Waals surface area contributed by atoms with Crippen LogP contribution in [0.15, 0.2) is 33.3 Å². The van der Waals surface area contributed by atoms with Crippen molar-refractivity contribution in [2.45, 2.75) is 9.37 Å². The average Bonchev–Trinajstić information content (AvgIpc) is 2.57. The van der Waals surface area contributed by atoms with Crippen LogP contribution in [0.25, 0.3) is 0 Å². The van der Waals surface area contributed by atoms with Gasteiger partial charge >= 0.3 is 0 Å². The van der Waals surface area contributed by atoms with Crippen LogP contribution in [0, 0.1) is 0 Å². The molecule has 0 atom stereocenters. The van der Waals surface area contributed by atoms with Gasteiger partial charge in [0.05, 0.1) is 0 Å². The fourth-order valence-corrected chi connectivity index (χ4v) is 2.31. The summed E-state index contributed by atoms with van der Waals surface area (Å²) < 4.78 is 0.957. The first-order valence-corrected chi connectivity index (χ1v) is 5.19. The number of nitrogens with two attached hydrogens (primary N) is 1. The van der Waals surface area contributed by atoms with E-state index >= 15 is 0 Å². The molecule has 0 unspecified atom stereocenters. The second kappa shape index (κ2) is 3.71. The predicted octanol–water partition coefficient (Wildman–Crippen LogP) is 1.67. The third kappa shape index (κ3) is 2.16. The van der Waals surface area contributed by atoms with Crippen LogP contribution in [-0.4, -0.2) is 15.0 Å². The van der Waals surface area contributed by atoms with Gasteiger partial charge in [0.1, 0.15) is 17.2 Å². The van der Waals surface area contributed by atoms with E-state index in [2.05, 4.69) is 15.0 Å². The van der Waals surface area contributed by atoms with Gasteiger partial charge in [0, 0.05) is 17.6 Å². The largest absolute Gasteiger partial charge is 0.384 e. The molecule has 0 aromatic carbocycles. The molecule has 0 bridgehead atoms. The van der Waals surface area contributed by atoms with Gasteiger partial charge in [-0.1, -0.05) is 0 Å². The van der Waals surface area contributed by atoms with Crippen molar-refractivity contribution in [2.24, 2.45) is 0 Å². The van der Waals surface area contributed by atoms with Gasteiger partial charge in [-0.05, 0) is 11.8 Å². The Hall–Kier alpha value is -1.14. The highest BCUT2D eigenvalue weighted by Gasteiger charge is 2.00. The Morgan fingerprint density at radius 3 is 2.92 bits per heavy atom. The Morgan fingerprint density at radius 2 is 2.23 bits per heavy atom. The fraction of sp³-hybridized carbons (Fsp3) is 0. The van der Waals surface area contributed by atoms with Crippen molar-refractivity contribution < 1.29 is 0 Å². The molecule has 0 aliphatic rings. The van der Waals surface area contributed by atoms with E-state index in [0.717, 1.165) is 9.37 Å². The number of hydrogen-bond acceptors (Lipinski definition) is 6. The highest BCUT2D eigenvalue weighted by Crippen LogP contribution is 2.27. The second-order valence-electron chi connectivity index (χ2n) is 2.18. The van der Waals surface area contributed by atoms with Crippen LogP contribution in [0.3, 0.4) is 0 Å². The number of aromatic nitrogens is 3.